The minimum Gasteiger partial charge on any atom is -0.497 e. The van der Waals surface area contributed by atoms with Gasteiger partial charge >= 0.3 is 0 Å². The van der Waals surface area contributed by atoms with Crippen LogP contribution < -0.4 is 4.74 Å². The largest absolute Gasteiger partial charge is 0.497 e. The van der Waals surface area contributed by atoms with Gasteiger partial charge < -0.3 is 9.15 Å². The zero-order chi connectivity index (χ0) is 19.7. The molecule has 142 valence electrons. The van der Waals surface area contributed by atoms with Gasteiger partial charge in [-0.25, -0.2) is 13.1 Å². The topological polar surface area (TPSA) is 74.3 Å². The summed E-state index contributed by atoms with van der Waals surface area (Å²) in [5, 5.41) is 4.72. The third kappa shape index (κ3) is 3.44. The van der Waals surface area contributed by atoms with Crippen molar-refractivity contribution in [2.24, 2.45) is 0 Å². The van der Waals surface area contributed by atoms with Crippen molar-refractivity contribution in [1.29, 1.82) is 0 Å². The first-order valence-corrected chi connectivity index (χ1v) is 10.4. The third-order valence-electron chi connectivity index (χ3n) is 4.38. The fraction of sp³-hybridized carbons (Fsp3) is 0.0952. The molecule has 4 aromatic rings. The zero-order valence-electron chi connectivity index (χ0n) is 15.4. The van der Waals surface area contributed by atoms with Crippen molar-refractivity contribution in [1.82, 2.24) is 9.78 Å². The van der Waals surface area contributed by atoms with E-state index in [0.717, 1.165) is 22.7 Å². The van der Waals surface area contributed by atoms with Crippen LogP contribution in [-0.2, 0) is 9.84 Å². The molecule has 0 radical (unpaired) electrons. The number of rotatable bonds is 5. The van der Waals surface area contributed by atoms with Crippen LogP contribution in [0.4, 0.5) is 0 Å². The van der Waals surface area contributed by atoms with Crippen LogP contribution in [0.25, 0.3) is 28.4 Å². The Morgan fingerprint density at radius 2 is 1.71 bits per heavy atom. The predicted octanol–water partition coefficient (Wildman–Crippen LogP) is 4.21. The van der Waals surface area contributed by atoms with E-state index in [9.17, 15) is 8.42 Å². The lowest BCUT2D eigenvalue weighted by atomic mass is 10.1. The van der Waals surface area contributed by atoms with Crippen LogP contribution in [-0.4, -0.2) is 31.6 Å². The van der Waals surface area contributed by atoms with Crippen molar-refractivity contribution in [2.75, 3.05) is 13.4 Å². The van der Waals surface area contributed by atoms with Crippen LogP contribution >= 0.6 is 0 Å². The standard InChI is InChI=1S/C21H18N2O4S/c1-26-17-9-7-16(8-10-17)23-20(21-4-3-13-27-21)14-19(22-23)15-5-11-18(12-6-15)28(2,24)25/h3-14H,1-2H3. The first-order valence-electron chi connectivity index (χ1n) is 8.54. The van der Waals surface area contributed by atoms with Crippen LogP contribution in [0.3, 0.4) is 0 Å². The molecule has 0 saturated carbocycles. The summed E-state index contributed by atoms with van der Waals surface area (Å²) in [6, 6.07) is 19.8. The SMILES string of the molecule is COc1ccc(-n2nc(-c3ccc(S(C)(=O)=O)cc3)cc2-c2ccco2)cc1. The highest BCUT2D eigenvalue weighted by molar-refractivity contribution is 7.90. The molecule has 0 saturated heterocycles. The van der Waals surface area contributed by atoms with E-state index in [0.29, 0.717) is 11.5 Å². The van der Waals surface area contributed by atoms with Crippen molar-refractivity contribution < 1.29 is 17.6 Å². The molecule has 0 aliphatic carbocycles. The van der Waals surface area contributed by atoms with Crippen molar-refractivity contribution >= 4 is 9.84 Å². The van der Waals surface area contributed by atoms with Gasteiger partial charge in [-0.05, 0) is 54.6 Å². The normalized spacial score (nSPS) is 11.5. The number of ether oxygens (including phenoxy) is 1. The van der Waals surface area contributed by atoms with Gasteiger partial charge in [0.15, 0.2) is 15.6 Å². The minimum atomic E-state index is -3.24. The molecular formula is C21H18N2O4S. The van der Waals surface area contributed by atoms with Crippen molar-refractivity contribution in [3.8, 4) is 34.1 Å². The van der Waals surface area contributed by atoms with Gasteiger partial charge in [0.05, 0.1) is 29.6 Å². The quantitative estimate of drug-likeness (QED) is 0.507. The van der Waals surface area contributed by atoms with Gasteiger partial charge in [-0.1, -0.05) is 12.1 Å². The number of hydrogen-bond acceptors (Lipinski definition) is 5. The summed E-state index contributed by atoms with van der Waals surface area (Å²) in [4.78, 5) is 0.275. The van der Waals surface area contributed by atoms with Crippen LogP contribution in [0.15, 0.2) is 82.3 Å². The average molecular weight is 394 g/mol. The van der Waals surface area contributed by atoms with E-state index in [4.69, 9.17) is 14.3 Å². The summed E-state index contributed by atoms with van der Waals surface area (Å²) in [6.07, 6.45) is 2.80. The van der Waals surface area contributed by atoms with Gasteiger partial charge in [-0.3, -0.25) is 0 Å². The highest BCUT2D eigenvalue weighted by atomic mass is 32.2. The van der Waals surface area contributed by atoms with E-state index < -0.39 is 9.84 Å². The molecule has 0 spiro atoms. The lowest BCUT2D eigenvalue weighted by molar-refractivity contribution is 0.414. The van der Waals surface area contributed by atoms with Crippen molar-refractivity contribution in [3.63, 3.8) is 0 Å². The van der Waals surface area contributed by atoms with Crippen molar-refractivity contribution in [2.45, 2.75) is 4.90 Å². The highest BCUT2D eigenvalue weighted by Gasteiger charge is 2.16. The average Bonchev–Trinajstić information content (AvgIpc) is 3.37. The van der Waals surface area contributed by atoms with Gasteiger partial charge in [0.25, 0.3) is 0 Å². The van der Waals surface area contributed by atoms with E-state index in [2.05, 4.69) is 0 Å². The van der Waals surface area contributed by atoms with E-state index >= 15 is 0 Å². The van der Waals surface area contributed by atoms with Gasteiger partial charge in [0, 0.05) is 11.8 Å². The van der Waals surface area contributed by atoms with Gasteiger partial charge in [-0.2, -0.15) is 5.10 Å². The Morgan fingerprint density at radius 3 is 2.29 bits per heavy atom. The fourth-order valence-corrected chi connectivity index (χ4v) is 3.55. The molecule has 2 aromatic carbocycles. The summed E-state index contributed by atoms with van der Waals surface area (Å²) < 4.78 is 36.0. The smallest absolute Gasteiger partial charge is 0.175 e. The Hall–Kier alpha value is -3.32. The van der Waals surface area contributed by atoms with Crippen LogP contribution in [0.5, 0.6) is 5.75 Å². The molecule has 2 aromatic heterocycles. The third-order valence-corrected chi connectivity index (χ3v) is 5.51. The lowest BCUT2D eigenvalue weighted by Gasteiger charge is -2.06. The number of nitrogens with zero attached hydrogens (tertiary/aromatic N) is 2. The first kappa shape index (κ1) is 18.1. The van der Waals surface area contributed by atoms with Crippen LogP contribution in [0.1, 0.15) is 0 Å². The molecule has 2 heterocycles. The second-order valence-electron chi connectivity index (χ2n) is 6.30. The van der Waals surface area contributed by atoms with Gasteiger partial charge in [0.1, 0.15) is 11.4 Å². The summed E-state index contributed by atoms with van der Waals surface area (Å²) >= 11 is 0. The minimum absolute atomic E-state index is 0.275. The van der Waals surface area contributed by atoms with Gasteiger partial charge in [-0.15, -0.1) is 0 Å². The van der Waals surface area contributed by atoms with Gasteiger partial charge in [0.2, 0.25) is 0 Å². The number of aromatic nitrogens is 2. The maximum Gasteiger partial charge on any atom is 0.175 e. The molecule has 4 rings (SSSR count). The molecule has 0 aliphatic heterocycles. The summed E-state index contributed by atoms with van der Waals surface area (Å²) in [7, 11) is -1.62. The zero-order valence-corrected chi connectivity index (χ0v) is 16.2. The Labute approximate surface area is 162 Å². The molecular weight excluding hydrogens is 376 g/mol. The number of benzene rings is 2. The molecule has 0 atom stereocenters. The van der Waals surface area contributed by atoms with E-state index in [1.54, 1.807) is 42.3 Å². The molecule has 0 N–H and O–H groups in total. The van der Waals surface area contributed by atoms with Crippen molar-refractivity contribution in [3.05, 3.63) is 73.0 Å². The second kappa shape index (κ2) is 7.01. The molecule has 28 heavy (non-hydrogen) atoms. The number of methoxy groups -OCH3 is 1. The number of hydrogen-bond donors (Lipinski definition) is 0. The number of sulfone groups is 1. The molecule has 0 aliphatic rings. The Balaban J connectivity index is 1.81. The van der Waals surface area contributed by atoms with E-state index in [1.807, 2.05) is 42.5 Å². The summed E-state index contributed by atoms with van der Waals surface area (Å²) in [6.45, 7) is 0. The van der Waals surface area contributed by atoms with E-state index in [-0.39, 0.29) is 4.90 Å². The second-order valence-corrected chi connectivity index (χ2v) is 8.31. The Morgan fingerprint density at radius 1 is 1.00 bits per heavy atom. The molecule has 7 heteroatoms. The molecule has 6 nitrogen and oxygen atoms in total. The monoisotopic (exact) mass is 394 g/mol. The Kier molecular flexibility index (Phi) is 4.52. The molecule has 0 amide bonds. The number of furan rings is 1. The maximum absolute atomic E-state index is 11.7. The predicted molar refractivity (Wildman–Crippen MR) is 106 cm³/mol. The molecule has 0 unspecified atom stereocenters. The van der Waals surface area contributed by atoms with Crippen LogP contribution in [0, 0.1) is 0 Å². The summed E-state index contributed by atoms with van der Waals surface area (Å²) in [5.41, 5.74) is 3.17. The highest BCUT2D eigenvalue weighted by Crippen LogP contribution is 2.30. The van der Waals surface area contributed by atoms with E-state index in [1.165, 1.54) is 6.26 Å². The Bertz CT molecular complexity index is 1190. The molecule has 0 bridgehead atoms. The maximum atomic E-state index is 11.7. The molecule has 0 fully saturated rings. The lowest BCUT2D eigenvalue weighted by Crippen LogP contribution is -1.99. The van der Waals surface area contributed by atoms with Crippen LogP contribution in [0.2, 0.25) is 0 Å². The fourth-order valence-electron chi connectivity index (χ4n) is 2.92. The first-order chi connectivity index (χ1) is 13.5. The summed E-state index contributed by atoms with van der Waals surface area (Å²) in [5.74, 6) is 1.44.